The van der Waals surface area contributed by atoms with E-state index < -0.39 is 5.41 Å². The molecule has 0 unspecified atom stereocenters. The Morgan fingerprint density at radius 3 is 2.37 bits per heavy atom. The molecule has 0 radical (unpaired) electrons. The summed E-state index contributed by atoms with van der Waals surface area (Å²) in [5, 5.41) is 8.92. The number of rotatable bonds is 5. The van der Waals surface area contributed by atoms with Crippen LogP contribution in [0.1, 0.15) is 52.9 Å². The molecule has 0 bridgehead atoms. The molecular weight excluding hydrogens is 358 g/mol. The molecule has 0 aliphatic heterocycles. The molecule has 6 heteroatoms. The van der Waals surface area contributed by atoms with Crippen molar-refractivity contribution in [3.63, 3.8) is 0 Å². The molecule has 1 fully saturated rings. The van der Waals surface area contributed by atoms with Crippen LogP contribution < -0.4 is 10.6 Å². The van der Waals surface area contributed by atoms with Gasteiger partial charge in [-0.2, -0.15) is 0 Å². The number of thiazole rings is 1. The number of hydrogen-bond donors (Lipinski definition) is 2. The molecule has 5 nitrogen and oxygen atoms in total. The van der Waals surface area contributed by atoms with Crippen molar-refractivity contribution < 1.29 is 9.59 Å². The predicted molar refractivity (Wildman–Crippen MR) is 110 cm³/mol. The number of carbonyl (C=O) groups excluding carboxylic acids is 2. The number of nitrogens with zero attached hydrogens (tertiary/aromatic N) is 1. The zero-order chi connectivity index (χ0) is 19.5. The van der Waals surface area contributed by atoms with Crippen molar-refractivity contribution in [2.45, 2.75) is 58.4 Å². The van der Waals surface area contributed by atoms with Gasteiger partial charge in [-0.1, -0.05) is 12.8 Å². The second-order valence-corrected chi connectivity index (χ2v) is 9.23. The van der Waals surface area contributed by atoms with Gasteiger partial charge in [0.05, 0.1) is 5.41 Å². The SMILES string of the molecule is CC(C)(C)NC(=O)CC1(C(=O)Nc2ccc(-c3nccs3)cc2)CCCC1. The van der Waals surface area contributed by atoms with Gasteiger partial charge in [0, 0.05) is 34.8 Å². The summed E-state index contributed by atoms with van der Waals surface area (Å²) in [7, 11) is 0. The highest BCUT2D eigenvalue weighted by Gasteiger charge is 2.43. The van der Waals surface area contributed by atoms with Crippen LogP contribution in [0.25, 0.3) is 10.6 Å². The van der Waals surface area contributed by atoms with Gasteiger partial charge in [-0.3, -0.25) is 9.59 Å². The summed E-state index contributed by atoms with van der Waals surface area (Å²) in [6, 6.07) is 7.71. The van der Waals surface area contributed by atoms with Crippen LogP contribution in [0.15, 0.2) is 35.8 Å². The van der Waals surface area contributed by atoms with Gasteiger partial charge in [0.15, 0.2) is 0 Å². The topological polar surface area (TPSA) is 71.1 Å². The number of nitrogens with one attached hydrogen (secondary N) is 2. The lowest BCUT2D eigenvalue weighted by molar-refractivity contribution is -0.133. The third-order valence-corrected chi connectivity index (χ3v) is 5.70. The fourth-order valence-electron chi connectivity index (χ4n) is 3.63. The first-order valence-electron chi connectivity index (χ1n) is 9.40. The highest BCUT2D eigenvalue weighted by Crippen LogP contribution is 2.42. The summed E-state index contributed by atoms with van der Waals surface area (Å²) in [6.45, 7) is 5.86. The minimum Gasteiger partial charge on any atom is -0.351 e. The maximum Gasteiger partial charge on any atom is 0.231 e. The van der Waals surface area contributed by atoms with E-state index in [-0.39, 0.29) is 23.8 Å². The number of hydrogen-bond acceptors (Lipinski definition) is 4. The Balaban J connectivity index is 1.69. The van der Waals surface area contributed by atoms with Crippen molar-refractivity contribution in [1.29, 1.82) is 0 Å². The van der Waals surface area contributed by atoms with E-state index >= 15 is 0 Å². The summed E-state index contributed by atoms with van der Waals surface area (Å²) in [5.74, 6) is -0.107. The van der Waals surface area contributed by atoms with E-state index in [1.807, 2.05) is 50.4 Å². The smallest absolute Gasteiger partial charge is 0.231 e. The summed E-state index contributed by atoms with van der Waals surface area (Å²) >= 11 is 1.58. The van der Waals surface area contributed by atoms with E-state index in [9.17, 15) is 9.59 Å². The Kier molecular flexibility index (Phi) is 5.65. The molecule has 1 saturated carbocycles. The van der Waals surface area contributed by atoms with E-state index in [2.05, 4.69) is 15.6 Å². The van der Waals surface area contributed by atoms with E-state index in [0.717, 1.165) is 41.9 Å². The van der Waals surface area contributed by atoms with E-state index in [1.54, 1.807) is 17.5 Å². The lowest BCUT2D eigenvalue weighted by Crippen LogP contribution is -2.45. The molecule has 1 aliphatic rings. The van der Waals surface area contributed by atoms with Crippen LogP contribution in [0.3, 0.4) is 0 Å². The molecule has 27 heavy (non-hydrogen) atoms. The second-order valence-electron chi connectivity index (χ2n) is 8.33. The maximum atomic E-state index is 13.0. The van der Waals surface area contributed by atoms with Crippen molar-refractivity contribution in [2.24, 2.45) is 5.41 Å². The van der Waals surface area contributed by atoms with E-state index in [1.165, 1.54) is 0 Å². The molecule has 2 aromatic rings. The van der Waals surface area contributed by atoms with Crippen molar-refractivity contribution in [1.82, 2.24) is 10.3 Å². The molecule has 3 rings (SSSR count). The lowest BCUT2D eigenvalue weighted by Gasteiger charge is -2.29. The summed E-state index contributed by atoms with van der Waals surface area (Å²) < 4.78 is 0. The van der Waals surface area contributed by atoms with Crippen LogP contribution in [0, 0.1) is 5.41 Å². The zero-order valence-corrected chi connectivity index (χ0v) is 17.0. The first-order valence-corrected chi connectivity index (χ1v) is 10.3. The quantitative estimate of drug-likeness (QED) is 0.789. The molecular formula is C21H27N3O2S. The molecule has 1 heterocycles. The average Bonchev–Trinajstić information content (AvgIpc) is 3.26. The van der Waals surface area contributed by atoms with Gasteiger partial charge >= 0.3 is 0 Å². The molecule has 1 aliphatic carbocycles. The molecule has 0 saturated heterocycles. The zero-order valence-electron chi connectivity index (χ0n) is 16.2. The van der Waals surface area contributed by atoms with Crippen molar-refractivity contribution in [3.8, 4) is 10.6 Å². The average molecular weight is 386 g/mol. The molecule has 2 N–H and O–H groups in total. The Hall–Kier alpha value is -2.21. The number of carbonyl (C=O) groups is 2. The molecule has 1 aromatic heterocycles. The van der Waals surface area contributed by atoms with E-state index in [0.29, 0.717) is 0 Å². The number of amides is 2. The summed E-state index contributed by atoms with van der Waals surface area (Å²) in [5.41, 5.74) is 0.883. The minimum absolute atomic E-state index is 0.0499. The Labute approximate surface area is 164 Å². The fourth-order valence-corrected chi connectivity index (χ4v) is 4.28. The van der Waals surface area contributed by atoms with Crippen LogP contribution in [0.4, 0.5) is 5.69 Å². The van der Waals surface area contributed by atoms with Gasteiger partial charge in [0.2, 0.25) is 11.8 Å². The summed E-state index contributed by atoms with van der Waals surface area (Å²) in [6.07, 6.45) is 5.51. The highest BCUT2D eigenvalue weighted by atomic mass is 32.1. The van der Waals surface area contributed by atoms with Crippen LogP contribution in [0.2, 0.25) is 0 Å². The highest BCUT2D eigenvalue weighted by molar-refractivity contribution is 7.13. The summed E-state index contributed by atoms with van der Waals surface area (Å²) in [4.78, 5) is 29.8. The molecule has 144 valence electrons. The second kappa shape index (κ2) is 7.80. The van der Waals surface area contributed by atoms with Crippen LogP contribution in [-0.2, 0) is 9.59 Å². The van der Waals surface area contributed by atoms with Gasteiger partial charge in [-0.05, 0) is 57.9 Å². The fraction of sp³-hybridized carbons (Fsp3) is 0.476. The Morgan fingerprint density at radius 2 is 1.81 bits per heavy atom. The molecule has 2 amide bonds. The first kappa shape index (κ1) is 19.5. The Morgan fingerprint density at radius 1 is 1.15 bits per heavy atom. The normalized spacial score (nSPS) is 16.1. The van der Waals surface area contributed by atoms with Crippen LogP contribution in [-0.4, -0.2) is 22.3 Å². The largest absolute Gasteiger partial charge is 0.351 e. The van der Waals surface area contributed by atoms with Gasteiger partial charge in [-0.25, -0.2) is 4.98 Å². The molecule has 1 aromatic carbocycles. The third-order valence-electron chi connectivity index (χ3n) is 4.88. The maximum absolute atomic E-state index is 13.0. The Bertz CT molecular complexity index is 786. The van der Waals surface area contributed by atoms with Crippen LogP contribution >= 0.6 is 11.3 Å². The van der Waals surface area contributed by atoms with Crippen LogP contribution in [0.5, 0.6) is 0 Å². The van der Waals surface area contributed by atoms with E-state index in [4.69, 9.17) is 0 Å². The standard InChI is InChI=1S/C21H27N3O2S/c1-20(2,3)24-17(25)14-21(10-4-5-11-21)19(26)23-16-8-6-15(7-9-16)18-22-12-13-27-18/h6-9,12-13H,4-5,10-11,14H2,1-3H3,(H,23,26)(H,24,25). The number of anilines is 1. The monoisotopic (exact) mass is 385 g/mol. The van der Waals surface area contributed by atoms with Crippen molar-refractivity contribution in [2.75, 3.05) is 5.32 Å². The molecule has 0 spiro atoms. The van der Waals surface area contributed by atoms with Gasteiger partial charge < -0.3 is 10.6 Å². The molecule has 0 atom stereocenters. The van der Waals surface area contributed by atoms with Gasteiger partial charge in [0.1, 0.15) is 5.01 Å². The van der Waals surface area contributed by atoms with Crippen molar-refractivity contribution in [3.05, 3.63) is 35.8 Å². The first-order chi connectivity index (χ1) is 12.8. The number of aromatic nitrogens is 1. The lowest BCUT2D eigenvalue weighted by atomic mass is 9.81. The third kappa shape index (κ3) is 4.95. The number of benzene rings is 1. The van der Waals surface area contributed by atoms with Gasteiger partial charge in [-0.15, -0.1) is 11.3 Å². The predicted octanol–water partition coefficient (Wildman–Crippen LogP) is 4.61. The minimum atomic E-state index is -0.608. The van der Waals surface area contributed by atoms with Gasteiger partial charge in [0.25, 0.3) is 0 Å². The van der Waals surface area contributed by atoms with Crippen molar-refractivity contribution >= 4 is 28.8 Å².